The largest absolute Gasteiger partial charge is 0.507 e. The molecular weight excluding hydrogens is 354 g/mol. The van der Waals surface area contributed by atoms with Crippen molar-refractivity contribution < 1.29 is 14.6 Å². The fraction of sp³-hybridized carbons (Fsp3) is 0.455. The Morgan fingerprint density at radius 3 is 2.86 bits per heavy atom. The van der Waals surface area contributed by atoms with Gasteiger partial charge >= 0.3 is 0 Å². The van der Waals surface area contributed by atoms with Crippen LogP contribution in [0.5, 0.6) is 11.5 Å². The second-order valence-electron chi connectivity index (χ2n) is 7.50. The SMILES string of the molecule is CCCOc1cccc(O)c1-c1cc(C2CCNCC2)c2c(n1)NC(=O)CC2. The Balaban J connectivity index is 1.84. The van der Waals surface area contributed by atoms with E-state index in [9.17, 15) is 9.90 Å². The second kappa shape index (κ2) is 8.19. The molecule has 1 amide bonds. The summed E-state index contributed by atoms with van der Waals surface area (Å²) in [6.45, 7) is 4.60. The molecule has 1 aromatic heterocycles. The van der Waals surface area contributed by atoms with Crippen LogP contribution in [-0.2, 0) is 11.2 Å². The summed E-state index contributed by atoms with van der Waals surface area (Å²) in [4.78, 5) is 16.7. The van der Waals surface area contributed by atoms with Gasteiger partial charge in [0.2, 0.25) is 5.91 Å². The molecule has 0 saturated carbocycles. The van der Waals surface area contributed by atoms with Crippen LogP contribution >= 0.6 is 0 Å². The molecule has 28 heavy (non-hydrogen) atoms. The number of carbonyl (C=O) groups is 1. The first-order valence-electron chi connectivity index (χ1n) is 10.2. The van der Waals surface area contributed by atoms with Crippen molar-refractivity contribution in [3.63, 3.8) is 0 Å². The normalized spacial score (nSPS) is 17.1. The van der Waals surface area contributed by atoms with E-state index in [0.29, 0.717) is 48.2 Å². The summed E-state index contributed by atoms with van der Waals surface area (Å²) < 4.78 is 5.87. The van der Waals surface area contributed by atoms with Crippen LogP contribution < -0.4 is 15.4 Å². The van der Waals surface area contributed by atoms with Gasteiger partial charge in [0.05, 0.1) is 17.9 Å². The van der Waals surface area contributed by atoms with Crippen LogP contribution in [0.25, 0.3) is 11.3 Å². The molecule has 0 unspecified atom stereocenters. The van der Waals surface area contributed by atoms with Crippen LogP contribution in [-0.4, -0.2) is 35.7 Å². The van der Waals surface area contributed by atoms with E-state index in [1.807, 2.05) is 13.0 Å². The minimum atomic E-state index is -0.00634. The maximum Gasteiger partial charge on any atom is 0.225 e. The number of amides is 1. The molecule has 0 spiro atoms. The number of phenols is 1. The fourth-order valence-corrected chi connectivity index (χ4v) is 4.13. The van der Waals surface area contributed by atoms with E-state index < -0.39 is 0 Å². The molecule has 2 aliphatic rings. The molecule has 2 aliphatic heterocycles. The van der Waals surface area contributed by atoms with Crippen LogP contribution in [0.2, 0.25) is 0 Å². The van der Waals surface area contributed by atoms with Gasteiger partial charge in [0.15, 0.2) is 0 Å². The third kappa shape index (κ3) is 3.69. The molecular formula is C22H27N3O3. The maximum absolute atomic E-state index is 12.0. The number of phenolic OH excluding ortho intramolecular Hbond substituents is 1. The molecule has 4 rings (SSSR count). The lowest BCUT2D eigenvalue weighted by atomic mass is 9.84. The minimum Gasteiger partial charge on any atom is -0.507 e. The van der Waals surface area contributed by atoms with E-state index in [1.54, 1.807) is 12.1 Å². The van der Waals surface area contributed by atoms with Crippen LogP contribution in [0, 0.1) is 0 Å². The summed E-state index contributed by atoms with van der Waals surface area (Å²) in [7, 11) is 0. The molecule has 0 bridgehead atoms. The number of piperidine rings is 1. The lowest BCUT2D eigenvalue weighted by Crippen LogP contribution is -2.28. The number of rotatable bonds is 5. The van der Waals surface area contributed by atoms with Gasteiger partial charge in [-0.1, -0.05) is 13.0 Å². The molecule has 0 radical (unpaired) electrons. The number of carbonyl (C=O) groups excluding carboxylic acids is 1. The molecule has 0 aliphatic carbocycles. The molecule has 0 atom stereocenters. The number of nitrogens with zero attached hydrogens (tertiary/aromatic N) is 1. The zero-order chi connectivity index (χ0) is 19.5. The fourth-order valence-electron chi connectivity index (χ4n) is 4.13. The zero-order valence-corrected chi connectivity index (χ0v) is 16.3. The molecule has 3 heterocycles. The van der Waals surface area contributed by atoms with Gasteiger partial charge in [0.1, 0.15) is 17.3 Å². The van der Waals surface area contributed by atoms with Crippen molar-refractivity contribution in [2.75, 3.05) is 25.0 Å². The van der Waals surface area contributed by atoms with Gasteiger partial charge in [-0.2, -0.15) is 0 Å². The van der Waals surface area contributed by atoms with E-state index in [1.165, 1.54) is 5.56 Å². The highest BCUT2D eigenvalue weighted by atomic mass is 16.5. The van der Waals surface area contributed by atoms with Crippen molar-refractivity contribution in [3.05, 3.63) is 35.4 Å². The van der Waals surface area contributed by atoms with Gasteiger partial charge < -0.3 is 20.5 Å². The van der Waals surface area contributed by atoms with E-state index in [4.69, 9.17) is 9.72 Å². The summed E-state index contributed by atoms with van der Waals surface area (Å²) in [5, 5.41) is 16.9. The van der Waals surface area contributed by atoms with Crippen LogP contribution in [0.1, 0.15) is 49.7 Å². The Hall–Kier alpha value is -2.60. The highest BCUT2D eigenvalue weighted by molar-refractivity contribution is 5.93. The number of ether oxygens (including phenoxy) is 1. The summed E-state index contributed by atoms with van der Waals surface area (Å²) in [5.74, 6) is 1.81. The number of hydrogen-bond donors (Lipinski definition) is 3. The Bertz CT molecular complexity index is 876. The van der Waals surface area contributed by atoms with Gasteiger partial charge in [0.25, 0.3) is 0 Å². The smallest absolute Gasteiger partial charge is 0.225 e. The molecule has 148 valence electrons. The number of hydrogen-bond acceptors (Lipinski definition) is 5. The molecule has 6 heteroatoms. The predicted octanol–water partition coefficient (Wildman–Crippen LogP) is 3.59. The zero-order valence-electron chi connectivity index (χ0n) is 16.3. The van der Waals surface area contributed by atoms with Crippen molar-refractivity contribution in [2.45, 2.75) is 44.9 Å². The standard InChI is InChI=1S/C22H27N3O3/c1-2-12-28-19-5-3-4-18(26)21(19)17-13-16(14-8-10-23-11-9-14)15-6-7-20(27)25-22(15)24-17/h3-5,13-14,23,26H,2,6-12H2,1H3,(H,24,25,27). The summed E-state index contributed by atoms with van der Waals surface area (Å²) in [6, 6.07) is 7.38. The Kier molecular flexibility index (Phi) is 5.48. The second-order valence-corrected chi connectivity index (χ2v) is 7.50. The Morgan fingerprint density at radius 2 is 2.07 bits per heavy atom. The summed E-state index contributed by atoms with van der Waals surface area (Å²) >= 11 is 0. The Labute approximate surface area is 165 Å². The van der Waals surface area contributed by atoms with E-state index in [0.717, 1.165) is 37.9 Å². The molecule has 1 aromatic carbocycles. The average Bonchev–Trinajstić information content (AvgIpc) is 2.72. The van der Waals surface area contributed by atoms with Gasteiger partial charge in [-0.15, -0.1) is 0 Å². The lowest BCUT2D eigenvalue weighted by Gasteiger charge is -2.28. The first kappa shape index (κ1) is 18.7. The molecule has 1 fully saturated rings. The monoisotopic (exact) mass is 381 g/mol. The number of fused-ring (bicyclic) bond motifs is 1. The van der Waals surface area contributed by atoms with Crippen LogP contribution in [0.4, 0.5) is 5.82 Å². The van der Waals surface area contributed by atoms with Crippen molar-refractivity contribution in [3.8, 4) is 22.8 Å². The van der Waals surface area contributed by atoms with Crippen LogP contribution in [0.3, 0.4) is 0 Å². The van der Waals surface area contributed by atoms with Crippen molar-refractivity contribution >= 4 is 11.7 Å². The van der Waals surface area contributed by atoms with Gasteiger partial charge in [-0.3, -0.25) is 4.79 Å². The van der Waals surface area contributed by atoms with E-state index >= 15 is 0 Å². The van der Waals surface area contributed by atoms with Gasteiger partial charge in [-0.25, -0.2) is 4.98 Å². The highest BCUT2D eigenvalue weighted by Crippen LogP contribution is 2.42. The lowest BCUT2D eigenvalue weighted by molar-refractivity contribution is -0.116. The molecule has 1 saturated heterocycles. The van der Waals surface area contributed by atoms with Crippen molar-refractivity contribution in [1.82, 2.24) is 10.3 Å². The average molecular weight is 381 g/mol. The van der Waals surface area contributed by atoms with E-state index in [-0.39, 0.29) is 11.7 Å². The van der Waals surface area contributed by atoms with Crippen molar-refractivity contribution in [1.29, 1.82) is 0 Å². The number of pyridine rings is 1. The van der Waals surface area contributed by atoms with Gasteiger partial charge in [0, 0.05) is 6.42 Å². The quantitative estimate of drug-likeness (QED) is 0.737. The Morgan fingerprint density at radius 1 is 1.25 bits per heavy atom. The first-order valence-corrected chi connectivity index (χ1v) is 10.2. The summed E-state index contributed by atoms with van der Waals surface area (Å²) in [5.41, 5.74) is 3.63. The number of nitrogens with one attached hydrogen (secondary N) is 2. The van der Waals surface area contributed by atoms with Crippen molar-refractivity contribution in [2.24, 2.45) is 0 Å². The predicted molar refractivity (Wildman–Crippen MR) is 109 cm³/mol. The number of anilines is 1. The number of aromatic nitrogens is 1. The maximum atomic E-state index is 12.0. The first-order chi connectivity index (χ1) is 13.7. The molecule has 3 N–H and O–H groups in total. The molecule has 2 aromatic rings. The van der Waals surface area contributed by atoms with Crippen LogP contribution in [0.15, 0.2) is 24.3 Å². The van der Waals surface area contributed by atoms with Gasteiger partial charge in [-0.05, 0) is 74.0 Å². The number of benzene rings is 1. The topological polar surface area (TPSA) is 83.5 Å². The molecule has 6 nitrogen and oxygen atoms in total. The highest BCUT2D eigenvalue weighted by Gasteiger charge is 2.27. The number of aromatic hydroxyl groups is 1. The summed E-state index contributed by atoms with van der Waals surface area (Å²) in [6.07, 6.45) is 4.21. The minimum absolute atomic E-state index is 0.00634. The van der Waals surface area contributed by atoms with E-state index in [2.05, 4.69) is 16.7 Å². The third-order valence-corrected chi connectivity index (χ3v) is 5.52. The third-order valence-electron chi connectivity index (χ3n) is 5.52.